The van der Waals surface area contributed by atoms with Gasteiger partial charge in [-0.1, -0.05) is 48.5 Å². The third-order valence-electron chi connectivity index (χ3n) is 4.28. The van der Waals surface area contributed by atoms with E-state index in [1.165, 1.54) is 22.4 Å². The summed E-state index contributed by atoms with van der Waals surface area (Å²) in [7, 11) is 0. The topological polar surface area (TPSA) is 20.3 Å². The van der Waals surface area contributed by atoms with E-state index in [2.05, 4.69) is 42.5 Å². The van der Waals surface area contributed by atoms with Crippen molar-refractivity contribution in [2.75, 3.05) is 11.4 Å². The molecule has 19 heavy (non-hydrogen) atoms. The van der Waals surface area contributed by atoms with E-state index in [1.54, 1.807) is 0 Å². The van der Waals surface area contributed by atoms with Crippen LogP contribution in [0.3, 0.4) is 0 Å². The predicted octanol–water partition coefficient (Wildman–Crippen LogP) is 3.11. The second-order valence-corrected chi connectivity index (χ2v) is 5.32. The predicted molar refractivity (Wildman–Crippen MR) is 75.4 cm³/mol. The van der Waals surface area contributed by atoms with Gasteiger partial charge in [0.15, 0.2) is 0 Å². The molecule has 2 aliphatic heterocycles. The molecule has 1 unspecified atom stereocenters. The SMILES string of the molecule is O=C1CC(c2ccccc2)c2cccc3c2N1CC3. The quantitative estimate of drug-likeness (QED) is 0.760. The zero-order valence-corrected chi connectivity index (χ0v) is 10.7. The normalized spacial score (nSPS) is 20.5. The number of amides is 1. The fourth-order valence-electron chi connectivity index (χ4n) is 3.39. The standard InChI is InChI=1S/C17H15NO/c19-16-11-15(12-5-2-1-3-6-12)14-8-4-7-13-9-10-18(16)17(13)14/h1-8,15H,9-11H2. The van der Waals surface area contributed by atoms with E-state index in [4.69, 9.17) is 0 Å². The van der Waals surface area contributed by atoms with E-state index in [-0.39, 0.29) is 11.8 Å². The van der Waals surface area contributed by atoms with E-state index in [1.807, 2.05) is 11.0 Å². The lowest BCUT2D eigenvalue weighted by molar-refractivity contribution is -0.119. The Labute approximate surface area is 112 Å². The summed E-state index contributed by atoms with van der Waals surface area (Å²) in [6, 6.07) is 16.8. The number of benzene rings is 2. The van der Waals surface area contributed by atoms with Crippen molar-refractivity contribution in [3.63, 3.8) is 0 Å². The molecule has 1 amide bonds. The molecule has 0 aromatic heterocycles. The van der Waals surface area contributed by atoms with Gasteiger partial charge in [-0.3, -0.25) is 4.79 Å². The first kappa shape index (κ1) is 10.8. The van der Waals surface area contributed by atoms with Crippen molar-refractivity contribution in [3.8, 4) is 0 Å². The Morgan fingerprint density at radius 3 is 2.68 bits per heavy atom. The maximum absolute atomic E-state index is 12.3. The Kier molecular flexibility index (Phi) is 2.25. The van der Waals surface area contributed by atoms with Gasteiger partial charge < -0.3 is 4.90 Å². The summed E-state index contributed by atoms with van der Waals surface area (Å²) in [6.07, 6.45) is 1.59. The van der Waals surface area contributed by atoms with Gasteiger partial charge in [0.25, 0.3) is 0 Å². The lowest BCUT2D eigenvalue weighted by Crippen LogP contribution is -2.34. The molecule has 2 nitrogen and oxygen atoms in total. The number of hydrogen-bond donors (Lipinski definition) is 0. The molecule has 0 bridgehead atoms. The summed E-state index contributed by atoms with van der Waals surface area (Å²) in [5, 5.41) is 0. The molecule has 2 aromatic carbocycles. The van der Waals surface area contributed by atoms with Crippen molar-refractivity contribution in [2.45, 2.75) is 18.8 Å². The first-order valence-corrected chi connectivity index (χ1v) is 6.81. The number of anilines is 1. The zero-order chi connectivity index (χ0) is 12.8. The first-order valence-electron chi connectivity index (χ1n) is 6.81. The van der Waals surface area contributed by atoms with Crippen molar-refractivity contribution >= 4 is 11.6 Å². The van der Waals surface area contributed by atoms with Crippen molar-refractivity contribution in [3.05, 3.63) is 65.2 Å². The van der Waals surface area contributed by atoms with Crippen molar-refractivity contribution in [1.82, 2.24) is 0 Å². The second kappa shape index (κ2) is 3.95. The molecule has 0 spiro atoms. The van der Waals surface area contributed by atoms with Crippen LogP contribution in [0.2, 0.25) is 0 Å². The van der Waals surface area contributed by atoms with E-state index < -0.39 is 0 Å². The molecule has 2 aromatic rings. The minimum atomic E-state index is 0.220. The molecule has 2 heterocycles. The molecular weight excluding hydrogens is 234 g/mol. The second-order valence-electron chi connectivity index (χ2n) is 5.32. The molecule has 4 rings (SSSR count). The van der Waals surface area contributed by atoms with Crippen molar-refractivity contribution in [1.29, 1.82) is 0 Å². The molecule has 0 radical (unpaired) electrons. The minimum Gasteiger partial charge on any atom is -0.311 e. The van der Waals surface area contributed by atoms with Gasteiger partial charge in [-0.15, -0.1) is 0 Å². The highest BCUT2D eigenvalue weighted by Crippen LogP contribution is 2.44. The summed E-state index contributed by atoms with van der Waals surface area (Å²) in [6.45, 7) is 0.854. The van der Waals surface area contributed by atoms with Crippen LogP contribution in [0.1, 0.15) is 29.0 Å². The van der Waals surface area contributed by atoms with Gasteiger partial charge in [-0.2, -0.15) is 0 Å². The third-order valence-corrected chi connectivity index (χ3v) is 4.28. The number of carbonyl (C=O) groups is 1. The summed E-state index contributed by atoms with van der Waals surface area (Å²) >= 11 is 0. The van der Waals surface area contributed by atoms with Crippen LogP contribution < -0.4 is 4.90 Å². The van der Waals surface area contributed by atoms with Crippen LogP contribution in [0, 0.1) is 0 Å². The van der Waals surface area contributed by atoms with Crippen LogP contribution in [0.25, 0.3) is 0 Å². The zero-order valence-electron chi connectivity index (χ0n) is 10.7. The lowest BCUT2D eigenvalue weighted by Gasteiger charge is -2.31. The Bertz CT molecular complexity index is 648. The highest BCUT2D eigenvalue weighted by molar-refractivity contribution is 5.99. The third kappa shape index (κ3) is 1.53. The first-order chi connectivity index (χ1) is 9.34. The number of para-hydroxylation sites is 1. The summed E-state index contributed by atoms with van der Waals surface area (Å²) < 4.78 is 0. The van der Waals surface area contributed by atoms with E-state index in [9.17, 15) is 4.79 Å². The maximum Gasteiger partial charge on any atom is 0.227 e. The molecule has 0 saturated heterocycles. The van der Waals surface area contributed by atoms with Crippen LogP contribution in [-0.4, -0.2) is 12.5 Å². The minimum absolute atomic E-state index is 0.220. The van der Waals surface area contributed by atoms with Gasteiger partial charge in [0.1, 0.15) is 0 Å². The van der Waals surface area contributed by atoms with Crippen molar-refractivity contribution in [2.24, 2.45) is 0 Å². The molecule has 0 aliphatic carbocycles. The summed E-state index contributed by atoms with van der Waals surface area (Å²) in [4.78, 5) is 14.3. The largest absolute Gasteiger partial charge is 0.311 e. The van der Waals surface area contributed by atoms with Gasteiger partial charge in [0.2, 0.25) is 5.91 Å². The molecule has 0 saturated carbocycles. The van der Waals surface area contributed by atoms with Crippen LogP contribution >= 0.6 is 0 Å². The number of carbonyl (C=O) groups excluding carboxylic acids is 1. The fourth-order valence-corrected chi connectivity index (χ4v) is 3.39. The molecule has 0 N–H and O–H groups in total. The van der Waals surface area contributed by atoms with E-state index in [0.29, 0.717) is 6.42 Å². The number of nitrogens with zero attached hydrogens (tertiary/aromatic N) is 1. The van der Waals surface area contributed by atoms with E-state index >= 15 is 0 Å². The van der Waals surface area contributed by atoms with Gasteiger partial charge >= 0.3 is 0 Å². The van der Waals surface area contributed by atoms with Crippen LogP contribution in [0.5, 0.6) is 0 Å². The van der Waals surface area contributed by atoms with Crippen LogP contribution in [0.4, 0.5) is 5.69 Å². The van der Waals surface area contributed by atoms with Gasteiger partial charge in [-0.25, -0.2) is 0 Å². The Hall–Kier alpha value is -2.09. The highest BCUT2D eigenvalue weighted by Gasteiger charge is 2.36. The highest BCUT2D eigenvalue weighted by atomic mass is 16.2. The van der Waals surface area contributed by atoms with Crippen LogP contribution in [0.15, 0.2) is 48.5 Å². The smallest absolute Gasteiger partial charge is 0.227 e. The molecule has 94 valence electrons. The summed E-state index contributed by atoms with van der Waals surface area (Å²) in [5.74, 6) is 0.490. The Balaban J connectivity index is 1.91. The number of hydrogen-bond acceptors (Lipinski definition) is 1. The van der Waals surface area contributed by atoms with Gasteiger partial charge in [0, 0.05) is 18.9 Å². The monoisotopic (exact) mass is 249 g/mol. The molecule has 1 atom stereocenters. The summed E-state index contributed by atoms with van der Waals surface area (Å²) in [5.41, 5.74) is 5.08. The molecule has 2 aliphatic rings. The van der Waals surface area contributed by atoms with Crippen molar-refractivity contribution < 1.29 is 4.79 Å². The average molecular weight is 249 g/mol. The lowest BCUT2D eigenvalue weighted by atomic mass is 9.84. The van der Waals surface area contributed by atoms with Gasteiger partial charge in [0.05, 0.1) is 5.69 Å². The Morgan fingerprint density at radius 1 is 1.00 bits per heavy atom. The molecule has 2 heteroatoms. The molecule has 0 fully saturated rings. The number of rotatable bonds is 1. The molecular formula is C17H15NO. The maximum atomic E-state index is 12.3. The van der Waals surface area contributed by atoms with E-state index in [0.717, 1.165) is 13.0 Å². The van der Waals surface area contributed by atoms with Gasteiger partial charge in [-0.05, 0) is 23.1 Å². The average Bonchev–Trinajstić information content (AvgIpc) is 2.89. The Morgan fingerprint density at radius 2 is 1.84 bits per heavy atom. The van der Waals surface area contributed by atoms with Crippen LogP contribution in [-0.2, 0) is 11.2 Å². The fraction of sp³-hybridized carbons (Fsp3) is 0.235.